The van der Waals surface area contributed by atoms with Gasteiger partial charge in [0, 0.05) is 18.1 Å². The number of ether oxygens (including phenoxy) is 1. The molecule has 0 aliphatic carbocycles. The van der Waals surface area contributed by atoms with Gasteiger partial charge in [-0.15, -0.1) is 0 Å². The van der Waals surface area contributed by atoms with Crippen LogP contribution < -0.4 is 15.8 Å². The van der Waals surface area contributed by atoms with E-state index in [1.807, 2.05) is 6.92 Å². The Balaban J connectivity index is 1.57. The third-order valence-corrected chi connectivity index (χ3v) is 4.29. The van der Waals surface area contributed by atoms with E-state index in [0.29, 0.717) is 22.9 Å². The lowest BCUT2D eigenvalue weighted by molar-refractivity contribution is -0.116. The Morgan fingerprint density at radius 3 is 2.55 bits per heavy atom. The number of carbonyl (C=O) groups is 2. The molecule has 3 aromatic rings. The van der Waals surface area contributed by atoms with Gasteiger partial charge in [0.25, 0.3) is 0 Å². The van der Waals surface area contributed by atoms with Gasteiger partial charge in [0.1, 0.15) is 11.6 Å². The van der Waals surface area contributed by atoms with E-state index in [4.69, 9.17) is 10.5 Å². The molecule has 6 nitrogen and oxygen atoms in total. The molecule has 0 fully saturated rings. The van der Waals surface area contributed by atoms with Crippen molar-refractivity contribution in [2.45, 2.75) is 19.3 Å². The standard InChI is InChI=1S/C22H20FN3O3/c1-14(15-5-7-17(23)8-6-15)11-20(27)26-18-9-10-21(25-13-18)29-19-4-2-3-16(12-19)22(24)28/h2-10,12-14H,11H2,1H3,(H2,24,28)(H,26,27). The summed E-state index contributed by atoms with van der Waals surface area (Å²) in [6.45, 7) is 1.90. The highest BCUT2D eigenvalue weighted by Gasteiger charge is 2.12. The quantitative estimate of drug-likeness (QED) is 0.628. The Kier molecular flexibility index (Phi) is 6.19. The first-order chi connectivity index (χ1) is 13.9. The molecular weight excluding hydrogens is 373 g/mol. The second kappa shape index (κ2) is 8.97. The monoisotopic (exact) mass is 393 g/mol. The zero-order valence-corrected chi connectivity index (χ0v) is 15.8. The zero-order chi connectivity index (χ0) is 20.8. The summed E-state index contributed by atoms with van der Waals surface area (Å²) in [4.78, 5) is 27.6. The Bertz CT molecular complexity index is 1000. The number of benzene rings is 2. The Morgan fingerprint density at radius 1 is 1.14 bits per heavy atom. The summed E-state index contributed by atoms with van der Waals surface area (Å²) in [7, 11) is 0. The van der Waals surface area contributed by atoms with E-state index in [1.165, 1.54) is 24.4 Å². The molecule has 29 heavy (non-hydrogen) atoms. The molecule has 0 spiro atoms. The molecule has 0 aliphatic rings. The predicted octanol–water partition coefficient (Wildman–Crippen LogP) is 4.24. The van der Waals surface area contributed by atoms with Gasteiger partial charge in [-0.3, -0.25) is 9.59 Å². The van der Waals surface area contributed by atoms with Gasteiger partial charge in [-0.1, -0.05) is 25.1 Å². The summed E-state index contributed by atoms with van der Waals surface area (Å²) in [6.07, 6.45) is 1.73. The van der Waals surface area contributed by atoms with Crippen LogP contribution in [0.1, 0.15) is 35.2 Å². The maximum absolute atomic E-state index is 13.0. The van der Waals surface area contributed by atoms with Crippen LogP contribution in [-0.4, -0.2) is 16.8 Å². The van der Waals surface area contributed by atoms with Gasteiger partial charge in [-0.2, -0.15) is 0 Å². The number of rotatable bonds is 7. The summed E-state index contributed by atoms with van der Waals surface area (Å²) in [6, 6.07) is 15.8. The zero-order valence-electron chi connectivity index (χ0n) is 15.8. The van der Waals surface area contributed by atoms with Gasteiger partial charge >= 0.3 is 0 Å². The van der Waals surface area contributed by atoms with Crippen molar-refractivity contribution in [3.05, 3.63) is 83.8 Å². The largest absolute Gasteiger partial charge is 0.439 e. The second-order valence-electron chi connectivity index (χ2n) is 6.58. The van der Waals surface area contributed by atoms with E-state index < -0.39 is 5.91 Å². The molecule has 2 amide bonds. The van der Waals surface area contributed by atoms with Crippen molar-refractivity contribution in [2.75, 3.05) is 5.32 Å². The van der Waals surface area contributed by atoms with E-state index in [2.05, 4.69) is 10.3 Å². The van der Waals surface area contributed by atoms with E-state index in [9.17, 15) is 14.0 Å². The van der Waals surface area contributed by atoms with Crippen LogP contribution in [0.4, 0.5) is 10.1 Å². The topological polar surface area (TPSA) is 94.3 Å². The summed E-state index contributed by atoms with van der Waals surface area (Å²) in [5.74, 6) is -0.338. The van der Waals surface area contributed by atoms with Crippen LogP contribution in [0, 0.1) is 5.82 Å². The lowest BCUT2D eigenvalue weighted by atomic mass is 9.97. The first-order valence-corrected chi connectivity index (χ1v) is 9.00. The lowest BCUT2D eigenvalue weighted by Crippen LogP contribution is -2.14. The molecule has 0 radical (unpaired) electrons. The average molecular weight is 393 g/mol. The van der Waals surface area contributed by atoms with Gasteiger partial charge in [0.2, 0.25) is 17.7 Å². The third kappa shape index (κ3) is 5.62. The van der Waals surface area contributed by atoms with Crippen molar-refractivity contribution in [2.24, 2.45) is 5.73 Å². The van der Waals surface area contributed by atoms with Crippen LogP contribution in [0.2, 0.25) is 0 Å². The molecule has 1 heterocycles. The van der Waals surface area contributed by atoms with Crippen LogP contribution >= 0.6 is 0 Å². The Labute approximate surface area is 167 Å². The molecule has 0 bridgehead atoms. The molecule has 1 atom stereocenters. The predicted molar refractivity (Wildman–Crippen MR) is 107 cm³/mol. The SMILES string of the molecule is CC(CC(=O)Nc1ccc(Oc2cccc(C(N)=O)c2)nc1)c1ccc(F)cc1. The van der Waals surface area contributed by atoms with E-state index in [1.54, 1.807) is 42.5 Å². The van der Waals surface area contributed by atoms with Crippen LogP contribution in [0.3, 0.4) is 0 Å². The molecule has 148 valence electrons. The molecule has 2 aromatic carbocycles. The van der Waals surface area contributed by atoms with Gasteiger partial charge in [0.15, 0.2) is 0 Å². The number of aromatic nitrogens is 1. The van der Waals surface area contributed by atoms with Gasteiger partial charge in [0.05, 0.1) is 11.9 Å². The number of anilines is 1. The number of hydrogen-bond donors (Lipinski definition) is 2. The summed E-state index contributed by atoms with van der Waals surface area (Å²) in [5, 5.41) is 2.78. The fourth-order valence-electron chi connectivity index (χ4n) is 2.75. The number of carbonyl (C=O) groups excluding carboxylic acids is 2. The first kappa shape index (κ1) is 20.0. The number of amides is 2. The van der Waals surface area contributed by atoms with Gasteiger partial charge in [-0.05, 0) is 47.9 Å². The highest BCUT2D eigenvalue weighted by atomic mass is 19.1. The van der Waals surface area contributed by atoms with Crippen LogP contribution in [0.15, 0.2) is 66.9 Å². The molecule has 3 rings (SSSR count). The van der Waals surface area contributed by atoms with E-state index in [-0.39, 0.29) is 24.1 Å². The Hall–Kier alpha value is -3.74. The van der Waals surface area contributed by atoms with Crippen LogP contribution in [-0.2, 0) is 4.79 Å². The van der Waals surface area contributed by atoms with Gasteiger partial charge < -0.3 is 15.8 Å². The van der Waals surface area contributed by atoms with E-state index >= 15 is 0 Å². The minimum Gasteiger partial charge on any atom is -0.439 e. The summed E-state index contributed by atoms with van der Waals surface area (Å²) in [5.41, 5.74) is 7.01. The summed E-state index contributed by atoms with van der Waals surface area (Å²) >= 11 is 0. The maximum atomic E-state index is 13.0. The Morgan fingerprint density at radius 2 is 1.90 bits per heavy atom. The van der Waals surface area contributed by atoms with E-state index in [0.717, 1.165) is 5.56 Å². The number of pyridine rings is 1. The van der Waals surface area contributed by atoms with Gasteiger partial charge in [-0.25, -0.2) is 9.37 Å². The number of nitrogens with one attached hydrogen (secondary N) is 1. The van der Waals surface area contributed by atoms with Crippen molar-refractivity contribution in [1.29, 1.82) is 0 Å². The first-order valence-electron chi connectivity index (χ1n) is 9.00. The minimum absolute atomic E-state index is 0.0521. The summed E-state index contributed by atoms with van der Waals surface area (Å²) < 4.78 is 18.6. The third-order valence-electron chi connectivity index (χ3n) is 4.29. The molecule has 0 saturated carbocycles. The van der Waals surface area contributed by atoms with Crippen LogP contribution in [0.5, 0.6) is 11.6 Å². The molecule has 0 saturated heterocycles. The lowest BCUT2D eigenvalue weighted by Gasteiger charge is -2.12. The van der Waals surface area contributed by atoms with Crippen molar-refractivity contribution in [3.63, 3.8) is 0 Å². The van der Waals surface area contributed by atoms with Crippen molar-refractivity contribution >= 4 is 17.5 Å². The molecule has 1 aromatic heterocycles. The van der Waals surface area contributed by atoms with Crippen molar-refractivity contribution in [1.82, 2.24) is 4.98 Å². The maximum Gasteiger partial charge on any atom is 0.248 e. The number of halogens is 1. The normalized spacial score (nSPS) is 11.5. The smallest absolute Gasteiger partial charge is 0.248 e. The number of nitrogens with two attached hydrogens (primary N) is 1. The number of nitrogens with zero attached hydrogens (tertiary/aromatic N) is 1. The highest BCUT2D eigenvalue weighted by Crippen LogP contribution is 2.23. The fourth-order valence-corrected chi connectivity index (χ4v) is 2.75. The fraction of sp³-hybridized carbons (Fsp3) is 0.136. The number of primary amides is 1. The molecular formula is C22H20FN3O3. The molecule has 3 N–H and O–H groups in total. The number of hydrogen-bond acceptors (Lipinski definition) is 4. The molecule has 0 aliphatic heterocycles. The second-order valence-corrected chi connectivity index (χ2v) is 6.58. The molecule has 1 unspecified atom stereocenters. The minimum atomic E-state index is -0.545. The van der Waals surface area contributed by atoms with Crippen LogP contribution in [0.25, 0.3) is 0 Å². The highest BCUT2D eigenvalue weighted by molar-refractivity contribution is 5.93. The molecule has 7 heteroatoms. The van der Waals surface area contributed by atoms with Crippen molar-refractivity contribution < 1.29 is 18.7 Å². The van der Waals surface area contributed by atoms with Crippen molar-refractivity contribution in [3.8, 4) is 11.6 Å². The average Bonchev–Trinajstić information content (AvgIpc) is 2.70.